The van der Waals surface area contributed by atoms with Gasteiger partial charge in [-0.3, -0.25) is 9.47 Å². The minimum atomic E-state index is 0.205. The molecule has 0 saturated heterocycles. The lowest BCUT2D eigenvalue weighted by Crippen LogP contribution is -2.11. The number of benzene rings is 6. The van der Waals surface area contributed by atoms with Gasteiger partial charge in [0.05, 0.1) is 16.9 Å². The number of aromatic hydroxyl groups is 1. The topological polar surface area (TPSA) is 54.2 Å². The minimum Gasteiger partial charge on any atom is -0.506 e. The second kappa shape index (κ2) is 11.8. The molecule has 0 aliphatic carbocycles. The van der Waals surface area contributed by atoms with E-state index in [1.165, 1.54) is 10.8 Å². The Kier molecular flexibility index (Phi) is 6.87. The monoisotopic (exact) mass is 630 g/mol. The van der Waals surface area contributed by atoms with Crippen LogP contribution in [-0.2, 0) is 0 Å². The molecule has 9 aromatic rings. The molecule has 0 aliphatic heterocycles. The van der Waals surface area contributed by atoms with E-state index in [2.05, 4.69) is 120 Å². The Balaban J connectivity index is 1.18. The lowest BCUT2D eigenvalue weighted by molar-refractivity contribution is 0.473. The van der Waals surface area contributed by atoms with Gasteiger partial charge in [-0.25, -0.2) is 9.97 Å². The summed E-state index contributed by atoms with van der Waals surface area (Å²) in [4.78, 5) is 12.3. The highest BCUT2D eigenvalue weighted by molar-refractivity contribution is 6.08. The normalized spacial score (nSPS) is 11.3. The van der Waals surface area contributed by atoms with Crippen LogP contribution in [0.4, 0.5) is 17.2 Å². The number of hydrogen-bond acceptors (Lipinski definition) is 4. The van der Waals surface area contributed by atoms with E-state index in [-0.39, 0.29) is 5.75 Å². The molecule has 3 heterocycles. The van der Waals surface area contributed by atoms with Crippen molar-refractivity contribution >= 4 is 49.9 Å². The SMILES string of the molecule is Oc1ccccc1-n1c2ccccc2c2ccc(-c3cccc(N(c4ccccc4)c4cc(-c5ccc6ccccc6c5)ccn4)c3)nc21. The highest BCUT2D eigenvalue weighted by Gasteiger charge is 2.18. The molecule has 0 radical (unpaired) electrons. The number of phenols is 1. The summed E-state index contributed by atoms with van der Waals surface area (Å²) in [6.45, 7) is 0. The molecule has 6 aromatic carbocycles. The van der Waals surface area contributed by atoms with Gasteiger partial charge in [-0.2, -0.15) is 0 Å². The Morgan fingerprint density at radius 2 is 1.27 bits per heavy atom. The standard InChI is InChI=1S/C44H30N4O/c49-42-20-9-8-19-41(42)48-40-18-7-6-17-37(40)38-23-24-39(46-44(38)48)34-13-10-16-36(28-34)47(35-14-2-1-3-15-35)43-29-33(25-26-45-43)32-22-21-30-11-4-5-12-31(30)27-32/h1-29,49H. The zero-order chi connectivity index (χ0) is 32.7. The van der Waals surface area contributed by atoms with Gasteiger partial charge in [0.15, 0.2) is 0 Å². The van der Waals surface area contributed by atoms with Gasteiger partial charge in [-0.15, -0.1) is 0 Å². The van der Waals surface area contributed by atoms with Crippen molar-refractivity contribution in [3.63, 3.8) is 0 Å². The third-order valence-corrected chi connectivity index (χ3v) is 9.12. The molecule has 0 bridgehead atoms. The van der Waals surface area contributed by atoms with Gasteiger partial charge in [0.1, 0.15) is 17.2 Å². The van der Waals surface area contributed by atoms with E-state index in [4.69, 9.17) is 9.97 Å². The molecule has 0 atom stereocenters. The zero-order valence-corrected chi connectivity index (χ0v) is 26.5. The van der Waals surface area contributed by atoms with Crippen LogP contribution in [0.5, 0.6) is 5.75 Å². The molecule has 9 rings (SSSR count). The fourth-order valence-electron chi connectivity index (χ4n) is 6.78. The van der Waals surface area contributed by atoms with Gasteiger partial charge in [0.2, 0.25) is 0 Å². The first kappa shape index (κ1) is 28.5. The Morgan fingerprint density at radius 3 is 2.16 bits per heavy atom. The number of nitrogens with zero attached hydrogens (tertiary/aromatic N) is 4. The number of fused-ring (bicyclic) bond motifs is 4. The Labute approximate surface area is 283 Å². The summed E-state index contributed by atoms with van der Waals surface area (Å²) in [6.07, 6.45) is 1.88. The molecule has 49 heavy (non-hydrogen) atoms. The second-order valence-corrected chi connectivity index (χ2v) is 12.1. The predicted octanol–water partition coefficient (Wildman–Crippen LogP) is 11.2. The van der Waals surface area contributed by atoms with E-state index >= 15 is 0 Å². The molecule has 5 heteroatoms. The molecule has 0 spiro atoms. The van der Waals surface area contributed by atoms with Crippen LogP contribution < -0.4 is 4.90 Å². The predicted molar refractivity (Wildman–Crippen MR) is 201 cm³/mol. The van der Waals surface area contributed by atoms with Gasteiger partial charge >= 0.3 is 0 Å². The van der Waals surface area contributed by atoms with Crippen LogP contribution in [0.1, 0.15) is 0 Å². The number of anilines is 3. The summed E-state index contributed by atoms with van der Waals surface area (Å²) in [5.74, 6) is 1.02. The van der Waals surface area contributed by atoms with Gasteiger partial charge < -0.3 is 5.11 Å². The molecule has 5 nitrogen and oxygen atoms in total. The van der Waals surface area contributed by atoms with Crippen molar-refractivity contribution in [2.75, 3.05) is 4.90 Å². The molecule has 232 valence electrons. The molecule has 0 aliphatic rings. The fraction of sp³-hybridized carbons (Fsp3) is 0. The molecule has 0 unspecified atom stereocenters. The average molecular weight is 631 g/mol. The van der Waals surface area contributed by atoms with Crippen LogP contribution >= 0.6 is 0 Å². The first-order valence-electron chi connectivity index (χ1n) is 16.3. The lowest BCUT2D eigenvalue weighted by atomic mass is 10.0. The van der Waals surface area contributed by atoms with Crippen molar-refractivity contribution in [2.45, 2.75) is 0 Å². The molecule has 0 saturated carbocycles. The summed E-state index contributed by atoms with van der Waals surface area (Å²) in [5.41, 5.74) is 8.49. The number of rotatable bonds is 6. The Hall–Kier alpha value is -6.72. The maximum absolute atomic E-state index is 10.9. The van der Waals surface area contributed by atoms with Crippen molar-refractivity contribution in [3.8, 4) is 33.8 Å². The van der Waals surface area contributed by atoms with Gasteiger partial charge in [0, 0.05) is 33.9 Å². The number of hydrogen-bond donors (Lipinski definition) is 1. The van der Waals surface area contributed by atoms with Crippen LogP contribution in [0, 0.1) is 0 Å². The number of pyridine rings is 2. The van der Waals surface area contributed by atoms with Gasteiger partial charge in [-0.05, 0) is 94.7 Å². The number of phenolic OH excluding ortho intramolecular Hbond substituents is 1. The minimum absolute atomic E-state index is 0.205. The molecule has 1 N–H and O–H groups in total. The first-order valence-corrected chi connectivity index (χ1v) is 16.3. The smallest absolute Gasteiger partial charge is 0.146 e. The largest absolute Gasteiger partial charge is 0.506 e. The maximum atomic E-state index is 10.9. The number of aromatic nitrogens is 3. The van der Waals surface area contributed by atoms with Crippen LogP contribution in [0.3, 0.4) is 0 Å². The van der Waals surface area contributed by atoms with E-state index in [0.29, 0.717) is 5.69 Å². The summed E-state index contributed by atoms with van der Waals surface area (Å²) in [5, 5.41) is 15.4. The van der Waals surface area contributed by atoms with E-state index in [1.54, 1.807) is 6.07 Å². The van der Waals surface area contributed by atoms with E-state index in [0.717, 1.165) is 61.5 Å². The van der Waals surface area contributed by atoms with Crippen molar-refractivity contribution in [2.24, 2.45) is 0 Å². The van der Waals surface area contributed by atoms with Crippen molar-refractivity contribution < 1.29 is 5.11 Å². The molecular weight excluding hydrogens is 601 g/mol. The van der Waals surface area contributed by atoms with Crippen molar-refractivity contribution in [1.82, 2.24) is 14.5 Å². The van der Waals surface area contributed by atoms with Crippen LogP contribution in [-0.4, -0.2) is 19.6 Å². The zero-order valence-electron chi connectivity index (χ0n) is 26.5. The summed E-state index contributed by atoms with van der Waals surface area (Å²) in [6, 6.07) is 57.8. The summed E-state index contributed by atoms with van der Waals surface area (Å²) < 4.78 is 2.05. The molecule has 3 aromatic heterocycles. The molecular formula is C44H30N4O. The van der Waals surface area contributed by atoms with Gasteiger partial charge in [-0.1, -0.05) is 97.1 Å². The summed E-state index contributed by atoms with van der Waals surface area (Å²) >= 11 is 0. The quantitative estimate of drug-likeness (QED) is 0.199. The average Bonchev–Trinajstić information content (AvgIpc) is 3.49. The van der Waals surface area contributed by atoms with Gasteiger partial charge in [0.25, 0.3) is 0 Å². The van der Waals surface area contributed by atoms with Crippen LogP contribution in [0.25, 0.3) is 60.8 Å². The Bertz CT molecular complexity index is 2640. The molecule has 0 fully saturated rings. The van der Waals surface area contributed by atoms with E-state index in [1.807, 2.05) is 59.3 Å². The highest BCUT2D eigenvalue weighted by Crippen LogP contribution is 2.39. The van der Waals surface area contributed by atoms with Crippen LogP contribution in [0.15, 0.2) is 176 Å². The van der Waals surface area contributed by atoms with Crippen molar-refractivity contribution in [3.05, 3.63) is 176 Å². The number of para-hydroxylation sites is 4. The second-order valence-electron chi connectivity index (χ2n) is 12.1. The van der Waals surface area contributed by atoms with E-state index < -0.39 is 0 Å². The Morgan fingerprint density at radius 1 is 0.510 bits per heavy atom. The lowest BCUT2D eigenvalue weighted by Gasteiger charge is -2.25. The maximum Gasteiger partial charge on any atom is 0.146 e. The van der Waals surface area contributed by atoms with E-state index in [9.17, 15) is 5.11 Å². The molecule has 0 amide bonds. The van der Waals surface area contributed by atoms with Crippen molar-refractivity contribution in [1.29, 1.82) is 0 Å². The third-order valence-electron chi connectivity index (χ3n) is 9.12. The van der Waals surface area contributed by atoms with Crippen LogP contribution in [0.2, 0.25) is 0 Å². The summed E-state index contributed by atoms with van der Waals surface area (Å²) in [7, 11) is 0. The fourth-order valence-corrected chi connectivity index (χ4v) is 6.78. The highest BCUT2D eigenvalue weighted by atomic mass is 16.3. The third kappa shape index (κ3) is 5.05. The first-order chi connectivity index (χ1) is 24.2.